The summed E-state index contributed by atoms with van der Waals surface area (Å²) in [5.41, 5.74) is 0.310. The van der Waals surface area contributed by atoms with Gasteiger partial charge in [0.2, 0.25) is 0 Å². The third-order valence-electron chi connectivity index (χ3n) is 4.83. The quantitative estimate of drug-likeness (QED) is 0.218. The molecule has 2 atom stereocenters. The summed E-state index contributed by atoms with van der Waals surface area (Å²) in [6.07, 6.45) is 2.55. The van der Waals surface area contributed by atoms with E-state index in [-0.39, 0.29) is 25.5 Å². The monoisotopic (exact) mass is 505 g/mol. The topological polar surface area (TPSA) is 103 Å². The second kappa shape index (κ2) is 15.3. The molecule has 0 aromatic heterocycles. The molecule has 0 bridgehead atoms. The largest absolute Gasteiger partial charge is 0.491 e. The zero-order chi connectivity index (χ0) is 26.3. The SMILES string of the molecule is C=CCOC(=O)/C=C/CC[C@@H](OC)[C@H](OC(=O)Nc1ccc(F)cc1F)c1ccc(OCCO)cc1. The summed E-state index contributed by atoms with van der Waals surface area (Å²) in [5.74, 6) is -1.76. The minimum Gasteiger partial charge on any atom is -0.491 e. The number of amides is 1. The van der Waals surface area contributed by atoms with Crippen LogP contribution in [0.4, 0.5) is 19.3 Å². The van der Waals surface area contributed by atoms with Gasteiger partial charge in [-0.3, -0.25) is 5.32 Å². The molecule has 36 heavy (non-hydrogen) atoms. The number of hydrogen-bond acceptors (Lipinski definition) is 7. The third-order valence-corrected chi connectivity index (χ3v) is 4.83. The normalized spacial score (nSPS) is 12.6. The number of carbonyl (C=O) groups excluding carboxylic acids is 2. The molecular formula is C26H29F2NO7. The van der Waals surface area contributed by atoms with Gasteiger partial charge in [0.15, 0.2) is 6.10 Å². The van der Waals surface area contributed by atoms with Crippen LogP contribution in [0.5, 0.6) is 5.75 Å². The minimum atomic E-state index is -0.975. The molecule has 194 valence electrons. The van der Waals surface area contributed by atoms with Crippen LogP contribution in [0.25, 0.3) is 0 Å². The van der Waals surface area contributed by atoms with Gasteiger partial charge in [0.25, 0.3) is 0 Å². The zero-order valence-corrected chi connectivity index (χ0v) is 19.8. The molecule has 0 unspecified atom stereocenters. The number of halogens is 2. The first kappa shape index (κ1) is 28.5. The smallest absolute Gasteiger partial charge is 0.412 e. The average molecular weight is 506 g/mol. The number of aliphatic hydroxyl groups excluding tert-OH is 1. The van der Waals surface area contributed by atoms with E-state index >= 15 is 0 Å². The Morgan fingerprint density at radius 3 is 2.56 bits per heavy atom. The Kier molecular flexibility index (Phi) is 12.1. The van der Waals surface area contributed by atoms with Crippen LogP contribution in [-0.2, 0) is 19.0 Å². The molecule has 0 heterocycles. The van der Waals surface area contributed by atoms with Crippen molar-refractivity contribution in [1.29, 1.82) is 0 Å². The van der Waals surface area contributed by atoms with Gasteiger partial charge in [-0.1, -0.05) is 30.9 Å². The Labute approximate surface area is 208 Å². The van der Waals surface area contributed by atoms with Crippen LogP contribution in [-0.4, -0.2) is 50.2 Å². The number of carbonyl (C=O) groups is 2. The van der Waals surface area contributed by atoms with E-state index < -0.39 is 35.9 Å². The van der Waals surface area contributed by atoms with Crippen LogP contribution < -0.4 is 10.1 Å². The number of aliphatic hydroxyl groups is 1. The van der Waals surface area contributed by atoms with Crippen LogP contribution >= 0.6 is 0 Å². The van der Waals surface area contributed by atoms with Crippen LogP contribution in [0.2, 0.25) is 0 Å². The summed E-state index contributed by atoms with van der Waals surface area (Å²) in [7, 11) is 1.44. The van der Waals surface area contributed by atoms with Crippen LogP contribution in [0.3, 0.4) is 0 Å². The first-order chi connectivity index (χ1) is 17.4. The summed E-state index contributed by atoms with van der Waals surface area (Å²) < 4.78 is 48.5. The number of hydrogen-bond donors (Lipinski definition) is 2. The van der Waals surface area contributed by atoms with Crippen molar-refractivity contribution in [3.63, 3.8) is 0 Å². The number of benzene rings is 2. The van der Waals surface area contributed by atoms with Gasteiger partial charge in [0, 0.05) is 19.3 Å². The van der Waals surface area contributed by atoms with E-state index in [1.54, 1.807) is 30.3 Å². The third kappa shape index (κ3) is 9.47. The number of anilines is 1. The van der Waals surface area contributed by atoms with Gasteiger partial charge in [0.1, 0.15) is 30.6 Å². The molecule has 0 spiro atoms. The van der Waals surface area contributed by atoms with E-state index in [0.717, 1.165) is 12.1 Å². The van der Waals surface area contributed by atoms with Gasteiger partial charge < -0.3 is 24.1 Å². The second-order valence-electron chi connectivity index (χ2n) is 7.39. The number of esters is 1. The predicted octanol–water partition coefficient (Wildman–Crippen LogP) is 4.71. The van der Waals surface area contributed by atoms with Gasteiger partial charge in [-0.25, -0.2) is 18.4 Å². The minimum absolute atomic E-state index is 0.0988. The first-order valence-corrected chi connectivity index (χ1v) is 11.1. The standard InChI is InChI=1S/C26H29F2NO7/c1-3-15-35-24(31)7-5-4-6-23(33-2)25(18-8-11-20(12-9-18)34-16-14-30)36-26(32)29-22-13-10-19(27)17-21(22)28/h3,5,7-13,17,23,25,30H,1,4,6,14-16H2,2H3,(H,29,32)/b7-5+/t23-,25-/m1/s1. The molecule has 2 rings (SSSR count). The molecule has 1 amide bonds. The molecule has 0 fully saturated rings. The number of rotatable bonds is 14. The van der Waals surface area contributed by atoms with Crippen molar-refractivity contribution in [3.8, 4) is 5.75 Å². The van der Waals surface area contributed by atoms with Gasteiger partial charge in [0.05, 0.1) is 18.4 Å². The Hall–Kier alpha value is -3.76. The fraction of sp³-hybridized carbons (Fsp3) is 0.308. The zero-order valence-electron chi connectivity index (χ0n) is 19.8. The van der Waals surface area contributed by atoms with Crippen LogP contribution in [0.1, 0.15) is 24.5 Å². The van der Waals surface area contributed by atoms with Crippen molar-refractivity contribution in [3.05, 3.63) is 84.5 Å². The van der Waals surface area contributed by atoms with Crippen LogP contribution in [0.15, 0.2) is 67.3 Å². The van der Waals surface area contributed by atoms with Gasteiger partial charge in [-0.2, -0.15) is 0 Å². The Morgan fingerprint density at radius 2 is 1.92 bits per heavy atom. The lowest BCUT2D eigenvalue weighted by molar-refractivity contribution is -0.136. The molecule has 0 aliphatic rings. The van der Waals surface area contributed by atoms with E-state index in [1.807, 2.05) is 0 Å². The molecule has 0 radical (unpaired) electrons. The molecule has 0 aliphatic carbocycles. The summed E-state index contributed by atoms with van der Waals surface area (Å²) in [6, 6.07) is 9.34. The van der Waals surface area contributed by atoms with Crippen molar-refractivity contribution >= 4 is 17.7 Å². The van der Waals surface area contributed by atoms with E-state index in [1.165, 1.54) is 19.3 Å². The Morgan fingerprint density at radius 1 is 1.17 bits per heavy atom. The molecule has 2 aromatic rings. The first-order valence-electron chi connectivity index (χ1n) is 11.1. The van der Waals surface area contributed by atoms with Gasteiger partial charge in [-0.05, 0) is 42.7 Å². The highest BCUT2D eigenvalue weighted by Gasteiger charge is 2.27. The molecule has 0 saturated heterocycles. The predicted molar refractivity (Wildman–Crippen MR) is 129 cm³/mol. The second-order valence-corrected chi connectivity index (χ2v) is 7.39. The lowest BCUT2D eigenvalue weighted by Gasteiger charge is -2.26. The maximum atomic E-state index is 14.0. The molecule has 10 heteroatoms. The lowest BCUT2D eigenvalue weighted by Crippen LogP contribution is -2.28. The summed E-state index contributed by atoms with van der Waals surface area (Å²) in [6.45, 7) is 3.54. The van der Waals surface area contributed by atoms with Crippen LogP contribution in [0, 0.1) is 11.6 Å². The highest BCUT2D eigenvalue weighted by molar-refractivity contribution is 5.85. The van der Waals surface area contributed by atoms with Crippen molar-refractivity contribution in [2.45, 2.75) is 25.0 Å². The molecule has 8 nitrogen and oxygen atoms in total. The number of ether oxygens (including phenoxy) is 4. The van der Waals surface area contributed by atoms with E-state index in [0.29, 0.717) is 30.2 Å². The average Bonchev–Trinajstić information content (AvgIpc) is 2.87. The fourth-order valence-corrected chi connectivity index (χ4v) is 3.14. The van der Waals surface area contributed by atoms with Crippen molar-refractivity contribution in [2.75, 3.05) is 32.2 Å². The van der Waals surface area contributed by atoms with Gasteiger partial charge in [-0.15, -0.1) is 0 Å². The van der Waals surface area contributed by atoms with Crippen molar-refractivity contribution in [1.82, 2.24) is 0 Å². The Balaban J connectivity index is 2.16. The fourth-order valence-electron chi connectivity index (χ4n) is 3.14. The van der Waals surface area contributed by atoms with Crippen molar-refractivity contribution < 1.29 is 42.4 Å². The highest BCUT2D eigenvalue weighted by Crippen LogP contribution is 2.29. The maximum Gasteiger partial charge on any atom is 0.412 e. The summed E-state index contributed by atoms with van der Waals surface area (Å²) in [4.78, 5) is 24.2. The summed E-state index contributed by atoms with van der Waals surface area (Å²) >= 11 is 0. The van der Waals surface area contributed by atoms with Crippen molar-refractivity contribution in [2.24, 2.45) is 0 Å². The van der Waals surface area contributed by atoms with E-state index in [4.69, 9.17) is 24.1 Å². The Bertz CT molecular complexity index is 1030. The molecular weight excluding hydrogens is 476 g/mol. The molecule has 2 N–H and O–H groups in total. The number of nitrogens with one attached hydrogen (secondary N) is 1. The number of methoxy groups -OCH3 is 1. The highest BCUT2D eigenvalue weighted by atomic mass is 19.1. The lowest BCUT2D eigenvalue weighted by atomic mass is 10.00. The molecule has 2 aromatic carbocycles. The van der Waals surface area contributed by atoms with E-state index in [9.17, 15) is 18.4 Å². The van der Waals surface area contributed by atoms with E-state index in [2.05, 4.69) is 11.9 Å². The number of allylic oxidation sites excluding steroid dienone is 1. The maximum absolute atomic E-state index is 14.0. The molecule has 0 saturated carbocycles. The summed E-state index contributed by atoms with van der Waals surface area (Å²) in [5, 5.41) is 11.2. The molecule has 0 aliphatic heterocycles. The van der Waals surface area contributed by atoms with Gasteiger partial charge >= 0.3 is 12.1 Å².